The van der Waals surface area contributed by atoms with Crippen LogP contribution < -0.4 is 5.32 Å². The molecule has 0 aromatic rings. The minimum atomic E-state index is -1.11. The first kappa shape index (κ1) is 14.2. The van der Waals surface area contributed by atoms with Crippen molar-refractivity contribution >= 4 is 17.8 Å². The van der Waals surface area contributed by atoms with Gasteiger partial charge in [0.1, 0.15) is 6.04 Å². The Morgan fingerprint density at radius 1 is 1.44 bits per heavy atom. The van der Waals surface area contributed by atoms with Gasteiger partial charge in [-0.2, -0.15) is 0 Å². The van der Waals surface area contributed by atoms with Crippen molar-refractivity contribution in [3.63, 3.8) is 0 Å². The molecule has 1 fully saturated rings. The smallest absolute Gasteiger partial charge is 0.330 e. The van der Waals surface area contributed by atoms with Crippen LogP contribution in [0.25, 0.3) is 0 Å². The van der Waals surface area contributed by atoms with Crippen molar-refractivity contribution in [3.8, 4) is 0 Å². The Kier molecular flexibility index (Phi) is 5.35. The Labute approximate surface area is 105 Å². The molecule has 1 amide bonds. The molecule has 1 saturated carbocycles. The number of aliphatic carboxylic acids is 1. The van der Waals surface area contributed by atoms with E-state index in [2.05, 4.69) is 10.1 Å². The summed E-state index contributed by atoms with van der Waals surface area (Å²) in [5.74, 6) is -1.90. The summed E-state index contributed by atoms with van der Waals surface area (Å²) in [6, 6.07) is -0.997. The first-order valence-corrected chi connectivity index (χ1v) is 5.91. The van der Waals surface area contributed by atoms with Gasteiger partial charge in [0.2, 0.25) is 5.91 Å². The van der Waals surface area contributed by atoms with E-state index in [-0.39, 0.29) is 24.9 Å². The summed E-state index contributed by atoms with van der Waals surface area (Å²) in [5, 5.41) is 11.4. The third kappa shape index (κ3) is 4.99. The van der Waals surface area contributed by atoms with Crippen molar-refractivity contribution in [2.45, 2.75) is 32.2 Å². The van der Waals surface area contributed by atoms with E-state index in [9.17, 15) is 14.4 Å². The molecular formula is C12H17NO5. The molecular weight excluding hydrogens is 238 g/mol. The van der Waals surface area contributed by atoms with Gasteiger partial charge in [0.25, 0.3) is 0 Å². The van der Waals surface area contributed by atoms with E-state index < -0.39 is 18.0 Å². The number of hydrogen-bond acceptors (Lipinski definition) is 4. The van der Waals surface area contributed by atoms with E-state index in [0.29, 0.717) is 0 Å². The number of carboxylic acid groups (broad SMARTS) is 1. The van der Waals surface area contributed by atoms with Crippen LogP contribution in [0.2, 0.25) is 0 Å². The maximum absolute atomic E-state index is 11.4. The maximum atomic E-state index is 11.4. The number of nitrogens with one attached hydrogen (secondary N) is 1. The zero-order chi connectivity index (χ0) is 13.5. The number of carbonyl (C=O) groups is 3. The van der Waals surface area contributed by atoms with Crippen LogP contribution >= 0.6 is 0 Å². The molecule has 6 heteroatoms. The number of carboxylic acids is 1. The Bertz CT molecular complexity index is 359. The zero-order valence-corrected chi connectivity index (χ0v) is 10.2. The Morgan fingerprint density at radius 3 is 2.61 bits per heavy atom. The molecule has 0 radical (unpaired) electrons. The summed E-state index contributed by atoms with van der Waals surface area (Å²) in [6.45, 7) is 1.95. The standard InChI is InChI=1S/C12H17NO5/c1-2-18-10(14)5-3-4-9(12(16)17)13-11(15)8-6-7-8/h3,5,8-9H,2,4,6-7H2,1H3,(H,13,15)(H,16,17)/b5-3+/t9-/m1/s1. The third-order valence-corrected chi connectivity index (χ3v) is 2.48. The average molecular weight is 255 g/mol. The highest BCUT2D eigenvalue weighted by molar-refractivity contribution is 5.86. The van der Waals surface area contributed by atoms with Crippen molar-refractivity contribution in [2.24, 2.45) is 5.92 Å². The summed E-state index contributed by atoms with van der Waals surface area (Å²) in [5.41, 5.74) is 0. The monoisotopic (exact) mass is 255 g/mol. The van der Waals surface area contributed by atoms with Gasteiger partial charge in [-0.25, -0.2) is 9.59 Å². The molecule has 100 valence electrons. The first-order valence-electron chi connectivity index (χ1n) is 5.91. The van der Waals surface area contributed by atoms with E-state index in [0.717, 1.165) is 12.8 Å². The number of carbonyl (C=O) groups excluding carboxylic acids is 2. The van der Waals surface area contributed by atoms with Crippen LogP contribution in [-0.2, 0) is 19.1 Å². The van der Waals surface area contributed by atoms with E-state index in [1.807, 2.05) is 0 Å². The van der Waals surface area contributed by atoms with Crippen LogP contribution in [0.1, 0.15) is 26.2 Å². The van der Waals surface area contributed by atoms with Gasteiger partial charge in [0, 0.05) is 12.0 Å². The lowest BCUT2D eigenvalue weighted by Crippen LogP contribution is -2.41. The molecule has 0 unspecified atom stereocenters. The molecule has 0 saturated heterocycles. The quantitative estimate of drug-likeness (QED) is 0.509. The van der Waals surface area contributed by atoms with Gasteiger partial charge in [0.05, 0.1) is 6.61 Å². The predicted molar refractivity (Wildman–Crippen MR) is 62.7 cm³/mol. The van der Waals surface area contributed by atoms with Crippen LogP contribution in [0.3, 0.4) is 0 Å². The lowest BCUT2D eigenvalue weighted by molar-refractivity contribution is -0.142. The fraction of sp³-hybridized carbons (Fsp3) is 0.583. The van der Waals surface area contributed by atoms with Gasteiger partial charge in [-0.15, -0.1) is 0 Å². The number of esters is 1. The summed E-state index contributed by atoms with van der Waals surface area (Å²) in [6.07, 6.45) is 4.26. The van der Waals surface area contributed by atoms with Gasteiger partial charge < -0.3 is 15.2 Å². The fourth-order valence-electron chi connectivity index (χ4n) is 1.35. The summed E-state index contributed by atoms with van der Waals surface area (Å²) < 4.78 is 4.65. The third-order valence-electron chi connectivity index (χ3n) is 2.48. The average Bonchev–Trinajstić information content (AvgIpc) is 3.11. The minimum absolute atomic E-state index is 0.0408. The lowest BCUT2D eigenvalue weighted by atomic mass is 10.2. The first-order chi connectivity index (χ1) is 8.54. The van der Waals surface area contributed by atoms with Gasteiger partial charge in [-0.3, -0.25) is 4.79 Å². The molecule has 0 bridgehead atoms. The van der Waals surface area contributed by atoms with Gasteiger partial charge >= 0.3 is 11.9 Å². The molecule has 0 aromatic carbocycles. The Morgan fingerprint density at radius 2 is 2.11 bits per heavy atom. The van der Waals surface area contributed by atoms with Crippen molar-refractivity contribution in [1.82, 2.24) is 5.32 Å². The highest BCUT2D eigenvalue weighted by atomic mass is 16.5. The second-order valence-corrected chi connectivity index (χ2v) is 4.06. The van der Waals surface area contributed by atoms with Crippen LogP contribution in [0.5, 0.6) is 0 Å². The Hall–Kier alpha value is -1.85. The molecule has 0 heterocycles. The minimum Gasteiger partial charge on any atom is -0.480 e. The van der Waals surface area contributed by atoms with E-state index >= 15 is 0 Å². The van der Waals surface area contributed by atoms with Crippen LogP contribution in [0, 0.1) is 5.92 Å². The number of rotatable bonds is 7. The maximum Gasteiger partial charge on any atom is 0.330 e. The second kappa shape index (κ2) is 6.78. The fourth-order valence-corrected chi connectivity index (χ4v) is 1.35. The van der Waals surface area contributed by atoms with E-state index in [4.69, 9.17) is 5.11 Å². The van der Waals surface area contributed by atoms with Crippen molar-refractivity contribution in [1.29, 1.82) is 0 Å². The summed E-state index contributed by atoms with van der Waals surface area (Å²) >= 11 is 0. The summed E-state index contributed by atoms with van der Waals surface area (Å²) in [4.78, 5) is 33.3. The highest BCUT2D eigenvalue weighted by Gasteiger charge is 2.32. The molecule has 0 spiro atoms. The molecule has 18 heavy (non-hydrogen) atoms. The molecule has 1 aliphatic carbocycles. The van der Waals surface area contributed by atoms with Crippen LogP contribution in [0.15, 0.2) is 12.2 Å². The topological polar surface area (TPSA) is 92.7 Å². The number of amides is 1. The summed E-state index contributed by atoms with van der Waals surface area (Å²) in [7, 11) is 0. The van der Waals surface area contributed by atoms with Crippen molar-refractivity contribution < 1.29 is 24.2 Å². The second-order valence-electron chi connectivity index (χ2n) is 4.06. The SMILES string of the molecule is CCOC(=O)/C=C/C[C@@H](NC(=O)C1CC1)C(=O)O. The van der Waals surface area contributed by atoms with Gasteiger partial charge in [0.15, 0.2) is 0 Å². The van der Waals surface area contributed by atoms with Crippen LogP contribution in [-0.4, -0.2) is 35.6 Å². The Balaban J connectivity index is 2.39. The van der Waals surface area contributed by atoms with E-state index in [1.54, 1.807) is 6.92 Å². The van der Waals surface area contributed by atoms with Crippen molar-refractivity contribution in [2.75, 3.05) is 6.61 Å². The molecule has 1 aliphatic rings. The van der Waals surface area contributed by atoms with Crippen LogP contribution in [0.4, 0.5) is 0 Å². The molecule has 1 rings (SSSR count). The van der Waals surface area contributed by atoms with Crippen molar-refractivity contribution in [3.05, 3.63) is 12.2 Å². The highest BCUT2D eigenvalue weighted by Crippen LogP contribution is 2.28. The predicted octanol–water partition coefficient (Wildman–Crippen LogP) is 0.475. The molecule has 1 atom stereocenters. The zero-order valence-electron chi connectivity index (χ0n) is 10.2. The van der Waals surface area contributed by atoms with Gasteiger partial charge in [-0.1, -0.05) is 6.08 Å². The van der Waals surface area contributed by atoms with E-state index in [1.165, 1.54) is 12.2 Å². The molecule has 6 nitrogen and oxygen atoms in total. The lowest BCUT2D eigenvalue weighted by Gasteiger charge is -2.11. The molecule has 0 aromatic heterocycles. The number of hydrogen-bond donors (Lipinski definition) is 2. The van der Waals surface area contributed by atoms with Gasteiger partial charge in [-0.05, 0) is 26.2 Å². The molecule has 0 aliphatic heterocycles. The number of ether oxygens (including phenoxy) is 1. The molecule has 2 N–H and O–H groups in total. The largest absolute Gasteiger partial charge is 0.480 e. The normalized spacial score (nSPS) is 16.3.